The molecule has 0 saturated carbocycles. The molecule has 0 saturated heterocycles. The second-order valence-electron chi connectivity index (χ2n) is 3.09. The van der Waals surface area contributed by atoms with E-state index < -0.39 is 0 Å². The molecule has 1 aliphatic rings. The Bertz CT molecular complexity index is 318. The van der Waals surface area contributed by atoms with Gasteiger partial charge in [-0.2, -0.15) is 0 Å². The van der Waals surface area contributed by atoms with Crippen LogP contribution < -0.4 is 0 Å². The average Bonchev–Trinajstić information content (AvgIpc) is 2.47. The maximum Gasteiger partial charge on any atom is 0.143 e. The van der Waals surface area contributed by atoms with Gasteiger partial charge >= 0.3 is 0 Å². The zero-order valence-corrected chi connectivity index (χ0v) is 7.49. The van der Waals surface area contributed by atoms with Crippen LogP contribution in [0.25, 0.3) is 0 Å². The molecule has 1 nitrogen and oxygen atoms in total. The molecule has 0 amide bonds. The number of rotatable bonds is 1. The van der Waals surface area contributed by atoms with Gasteiger partial charge in [0.2, 0.25) is 0 Å². The smallest absolute Gasteiger partial charge is 0.143 e. The van der Waals surface area contributed by atoms with Crippen LogP contribution in [0, 0.1) is 11.8 Å². The molecule has 1 aromatic carbocycles. The highest BCUT2D eigenvalue weighted by Gasteiger charge is 2.08. The van der Waals surface area contributed by atoms with Crippen molar-refractivity contribution in [2.45, 2.75) is 18.9 Å². The van der Waals surface area contributed by atoms with Gasteiger partial charge in [-0.05, 0) is 12.0 Å². The van der Waals surface area contributed by atoms with Gasteiger partial charge in [0, 0.05) is 13.0 Å². The molecule has 0 unspecified atom stereocenters. The fourth-order valence-corrected chi connectivity index (χ4v) is 1.38. The summed E-state index contributed by atoms with van der Waals surface area (Å²) >= 11 is 0. The van der Waals surface area contributed by atoms with E-state index in [-0.39, 0.29) is 6.10 Å². The fourth-order valence-electron chi connectivity index (χ4n) is 1.38. The Balaban J connectivity index is 2.18. The zero-order valence-electron chi connectivity index (χ0n) is 7.49. The molecule has 0 radical (unpaired) electrons. The minimum atomic E-state index is -0.0105. The van der Waals surface area contributed by atoms with Crippen molar-refractivity contribution in [2.24, 2.45) is 0 Å². The van der Waals surface area contributed by atoms with Gasteiger partial charge in [-0.3, -0.25) is 0 Å². The first-order valence-corrected chi connectivity index (χ1v) is 4.62. The van der Waals surface area contributed by atoms with Gasteiger partial charge in [0.1, 0.15) is 6.10 Å². The average molecular weight is 172 g/mol. The van der Waals surface area contributed by atoms with Crippen LogP contribution in [-0.2, 0) is 4.74 Å². The third kappa shape index (κ3) is 2.11. The van der Waals surface area contributed by atoms with Gasteiger partial charge in [-0.25, -0.2) is 0 Å². The van der Waals surface area contributed by atoms with E-state index >= 15 is 0 Å². The first kappa shape index (κ1) is 8.34. The van der Waals surface area contributed by atoms with Gasteiger partial charge < -0.3 is 4.74 Å². The van der Waals surface area contributed by atoms with E-state index in [1.165, 1.54) is 0 Å². The van der Waals surface area contributed by atoms with Crippen LogP contribution in [0.5, 0.6) is 0 Å². The maximum absolute atomic E-state index is 5.62. The Morgan fingerprint density at radius 1 is 1.23 bits per heavy atom. The van der Waals surface area contributed by atoms with E-state index in [1.807, 2.05) is 18.2 Å². The van der Waals surface area contributed by atoms with Crippen LogP contribution in [0.15, 0.2) is 30.3 Å². The highest BCUT2D eigenvalue weighted by molar-refractivity contribution is 5.25. The minimum Gasteiger partial charge on any atom is -0.361 e. The van der Waals surface area contributed by atoms with Crippen molar-refractivity contribution in [2.75, 3.05) is 6.61 Å². The largest absolute Gasteiger partial charge is 0.361 e. The van der Waals surface area contributed by atoms with E-state index in [9.17, 15) is 0 Å². The Kier molecular flexibility index (Phi) is 2.64. The van der Waals surface area contributed by atoms with Gasteiger partial charge in [-0.15, -0.1) is 5.92 Å². The van der Waals surface area contributed by atoms with Crippen LogP contribution >= 0.6 is 0 Å². The van der Waals surface area contributed by atoms with E-state index in [0.717, 1.165) is 25.0 Å². The molecule has 1 heterocycles. The van der Waals surface area contributed by atoms with E-state index in [4.69, 9.17) is 4.74 Å². The quantitative estimate of drug-likeness (QED) is 0.591. The summed E-state index contributed by atoms with van der Waals surface area (Å²) in [6.07, 6.45) is 2.00. The summed E-state index contributed by atoms with van der Waals surface area (Å²) in [6, 6.07) is 10.2. The van der Waals surface area contributed by atoms with E-state index in [2.05, 4.69) is 24.0 Å². The summed E-state index contributed by atoms with van der Waals surface area (Å²) < 4.78 is 5.62. The third-order valence-electron chi connectivity index (χ3n) is 2.07. The van der Waals surface area contributed by atoms with Crippen molar-refractivity contribution >= 4 is 0 Å². The number of hydrogen-bond donors (Lipinski definition) is 0. The molecule has 1 atom stereocenters. The van der Waals surface area contributed by atoms with Crippen molar-refractivity contribution in [1.29, 1.82) is 0 Å². The Morgan fingerprint density at radius 2 is 2.08 bits per heavy atom. The third-order valence-corrected chi connectivity index (χ3v) is 2.07. The molecule has 66 valence electrons. The summed E-state index contributed by atoms with van der Waals surface area (Å²) in [5, 5.41) is 0. The van der Waals surface area contributed by atoms with Crippen molar-refractivity contribution in [3.63, 3.8) is 0 Å². The fraction of sp³-hybridized carbons (Fsp3) is 0.333. The lowest BCUT2D eigenvalue weighted by Gasteiger charge is -2.10. The zero-order chi connectivity index (χ0) is 8.93. The van der Waals surface area contributed by atoms with Crippen molar-refractivity contribution in [3.05, 3.63) is 35.9 Å². The molecule has 1 aliphatic heterocycles. The summed E-state index contributed by atoms with van der Waals surface area (Å²) in [5.41, 5.74) is 1.16. The topological polar surface area (TPSA) is 9.23 Å². The molecule has 0 N–H and O–H groups in total. The molecule has 1 heteroatoms. The van der Waals surface area contributed by atoms with Crippen molar-refractivity contribution < 1.29 is 4.74 Å². The Hall–Kier alpha value is -1.26. The Labute approximate surface area is 78.7 Å². The summed E-state index contributed by atoms with van der Waals surface area (Å²) in [4.78, 5) is 0. The SMILES string of the molecule is C1#C[C@@H](c2ccccc2)OCCC1. The predicted octanol–water partition coefficient (Wildman–Crippen LogP) is 2.54. The lowest BCUT2D eigenvalue weighted by molar-refractivity contribution is 0.0933. The van der Waals surface area contributed by atoms with Gasteiger partial charge in [-0.1, -0.05) is 36.3 Å². The summed E-state index contributed by atoms with van der Waals surface area (Å²) in [7, 11) is 0. The van der Waals surface area contributed by atoms with Gasteiger partial charge in [0.05, 0.1) is 0 Å². The monoisotopic (exact) mass is 172 g/mol. The number of benzene rings is 1. The molecule has 0 aromatic heterocycles. The van der Waals surface area contributed by atoms with Crippen LogP contribution in [0.2, 0.25) is 0 Å². The normalized spacial score (nSPS) is 21.4. The molecule has 2 rings (SSSR count). The maximum atomic E-state index is 5.62. The summed E-state index contributed by atoms with van der Waals surface area (Å²) in [5.74, 6) is 6.25. The lowest BCUT2D eigenvalue weighted by Crippen LogP contribution is -2.01. The van der Waals surface area contributed by atoms with Gasteiger partial charge in [0.25, 0.3) is 0 Å². The van der Waals surface area contributed by atoms with Crippen LogP contribution in [0.1, 0.15) is 24.5 Å². The molecule has 13 heavy (non-hydrogen) atoms. The van der Waals surface area contributed by atoms with Gasteiger partial charge in [0.15, 0.2) is 0 Å². The highest BCUT2D eigenvalue weighted by atomic mass is 16.5. The molecule has 0 aliphatic carbocycles. The second kappa shape index (κ2) is 4.11. The lowest BCUT2D eigenvalue weighted by atomic mass is 10.1. The minimum absolute atomic E-state index is 0.0105. The standard InChI is InChI=1S/C12H12O/c1-3-7-11(8-4-1)12-9-5-2-6-10-13-12/h1,3-4,7-8,12H,2,6,10H2/t12-/m0/s1. The van der Waals surface area contributed by atoms with E-state index in [0.29, 0.717) is 0 Å². The molecule has 1 aromatic rings. The molecule has 0 spiro atoms. The number of hydrogen-bond acceptors (Lipinski definition) is 1. The predicted molar refractivity (Wildman–Crippen MR) is 52.1 cm³/mol. The summed E-state index contributed by atoms with van der Waals surface area (Å²) in [6.45, 7) is 0.805. The number of ether oxygens (including phenoxy) is 1. The first-order valence-electron chi connectivity index (χ1n) is 4.62. The molecular formula is C12H12O. The van der Waals surface area contributed by atoms with Crippen molar-refractivity contribution in [1.82, 2.24) is 0 Å². The molecule has 0 bridgehead atoms. The van der Waals surface area contributed by atoms with Crippen LogP contribution in [0.3, 0.4) is 0 Å². The second-order valence-corrected chi connectivity index (χ2v) is 3.09. The molecule has 0 fully saturated rings. The van der Waals surface area contributed by atoms with Crippen LogP contribution in [0.4, 0.5) is 0 Å². The van der Waals surface area contributed by atoms with E-state index in [1.54, 1.807) is 0 Å². The molecular weight excluding hydrogens is 160 g/mol. The van der Waals surface area contributed by atoms with Crippen molar-refractivity contribution in [3.8, 4) is 11.8 Å². The van der Waals surface area contributed by atoms with Crippen LogP contribution in [-0.4, -0.2) is 6.61 Å². The highest BCUT2D eigenvalue weighted by Crippen LogP contribution is 2.18. The first-order chi connectivity index (χ1) is 6.47. The Morgan fingerprint density at radius 3 is 2.92 bits per heavy atom.